The van der Waals surface area contributed by atoms with Crippen LogP contribution in [0.2, 0.25) is 0 Å². The number of carbonyl (C=O) groups is 3. The first kappa shape index (κ1) is 13.9. The van der Waals surface area contributed by atoms with Crippen LogP contribution in [-0.4, -0.2) is 30.4 Å². The van der Waals surface area contributed by atoms with Gasteiger partial charge in [-0.2, -0.15) is 0 Å². The molecule has 1 atom stereocenters. The standard InChI is InChI=1S/C13H15N3O4/c14-8-1-3-9(4-2-8)20-7-12(18)15-10-5-6-11(17)16-13(10)19/h1-4,10H,5-7,14H2,(H,15,18)(H,16,17,19). The van der Waals surface area contributed by atoms with Gasteiger partial charge in [-0.05, 0) is 30.7 Å². The van der Waals surface area contributed by atoms with Crippen LogP contribution in [0.15, 0.2) is 24.3 Å². The van der Waals surface area contributed by atoms with Crippen molar-refractivity contribution in [2.45, 2.75) is 18.9 Å². The van der Waals surface area contributed by atoms with Crippen molar-refractivity contribution in [2.75, 3.05) is 12.3 Å². The lowest BCUT2D eigenvalue weighted by atomic mass is 10.1. The van der Waals surface area contributed by atoms with Gasteiger partial charge in [-0.3, -0.25) is 19.7 Å². The van der Waals surface area contributed by atoms with E-state index in [2.05, 4.69) is 10.6 Å². The van der Waals surface area contributed by atoms with E-state index in [0.29, 0.717) is 17.9 Å². The van der Waals surface area contributed by atoms with E-state index in [1.807, 2.05) is 0 Å². The molecule has 0 radical (unpaired) electrons. The third-order valence-electron chi connectivity index (χ3n) is 2.82. The molecule has 0 aromatic heterocycles. The summed E-state index contributed by atoms with van der Waals surface area (Å²) in [7, 11) is 0. The number of imide groups is 1. The smallest absolute Gasteiger partial charge is 0.258 e. The monoisotopic (exact) mass is 277 g/mol. The van der Waals surface area contributed by atoms with Crippen molar-refractivity contribution in [3.05, 3.63) is 24.3 Å². The van der Waals surface area contributed by atoms with E-state index in [1.54, 1.807) is 24.3 Å². The van der Waals surface area contributed by atoms with Gasteiger partial charge in [-0.25, -0.2) is 0 Å². The molecule has 1 aromatic carbocycles. The lowest BCUT2D eigenvalue weighted by Gasteiger charge is -2.21. The number of anilines is 1. The number of hydrogen-bond donors (Lipinski definition) is 3. The first-order valence-corrected chi connectivity index (χ1v) is 6.16. The Labute approximate surface area is 115 Å². The van der Waals surface area contributed by atoms with Gasteiger partial charge in [0.25, 0.3) is 5.91 Å². The summed E-state index contributed by atoms with van der Waals surface area (Å²) in [6, 6.07) is 5.93. The van der Waals surface area contributed by atoms with Crippen LogP contribution >= 0.6 is 0 Å². The van der Waals surface area contributed by atoms with Gasteiger partial charge < -0.3 is 15.8 Å². The van der Waals surface area contributed by atoms with E-state index < -0.39 is 17.9 Å². The summed E-state index contributed by atoms with van der Waals surface area (Å²) in [5, 5.41) is 4.69. The SMILES string of the molecule is Nc1ccc(OCC(=O)NC2CCC(=O)NC2=O)cc1. The molecule has 1 saturated heterocycles. The summed E-state index contributed by atoms with van der Waals surface area (Å²) in [6.07, 6.45) is 0.522. The van der Waals surface area contributed by atoms with Crippen molar-refractivity contribution in [1.29, 1.82) is 0 Å². The molecule has 1 unspecified atom stereocenters. The van der Waals surface area contributed by atoms with E-state index in [4.69, 9.17) is 10.5 Å². The molecule has 1 aliphatic heterocycles. The van der Waals surface area contributed by atoms with E-state index in [1.165, 1.54) is 0 Å². The predicted octanol–water partition coefficient (Wildman–Crippen LogP) is -0.431. The summed E-state index contributed by atoms with van der Waals surface area (Å²) >= 11 is 0. The maximum Gasteiger partial charge on any atom is 0.258 e. The van der Waals surface area contributed by atoms with Gasteiger partial charge in [0.2, 0.25) is 11.8 Å². The van der Waals surface area contributed by atoms with Crippen LogP contribution < -0.4 is 21.1 Å². The highest BCUT2D eigenvalue weighted by Gasteiger charge is 2.27. The molecule has 1 aromatic rings. The average Bonchev–Trinajstić information content (AvgIpc) is 2.41. The zero-order valence-corrected chi connectivity index (χ0v) is 10.7. The van der Waals surface area contributed by atoms with E-state index in [0.717, 1.165) is 0 Å². The fourth-order valence-electron chi connectivity index (χ4n) is 1.78. The van der Waals surface area contributed by atoms with E-state index in [9.17, 15) is 14.4 Å². The molecule has 0 aliphatic carbocycles. The molecule has 0 saturated carbocycles. The Morgan fingerprint density at radius 2 is 2.05 bits per heavy atom. The average molecular weight is 277 g/mol. The molecule has 0 bridgehead atoms. The molecule has 106 valence electrons. The minimum atomic E-state index is -0.685. The number of ether oxygens (including phenoxy) is 1. The fraction of sp³-hybridized carbons (Fsp3) is 0.308. The minimum absolute atomic E-state index is 0.207. The molecular weight excluding hydrogens is 262 g/mol. The topological polar surface area (TPSA) is 111 Å². The van der Waals surface area contributed by atoms with Crippen LogP contribution in [0.25, 0.3) is 0 Å². The number of hydrogen-bond acceptors (Lipinski definition) is 5. The van der Waals surface area contributed by atoms with Crippen LogP contribution in [0, 0.1) is 0 Å². The zero-order chi connectivity index (χ0) is 14.5. The van der Waals surface area contributed by atoms with Gasteiger partial charge in [0.15, 0.2) is 6.61 Å². The third kappa shape index (κ3) is 3.71. The second-order valence-corrected chi connectivity index (χ2v) is 4.43. The molecule has 0 spiro atoms. The van der Waals surface area contributed by atoms with E-state index in [-0.39, 0.29) is 18.9 Å². The number of piperidine rings is 1. The molecule has 1 heterocycles. The number of carbonyl (C=O) groups excluding carboxylic acids is 3. The molecule has 7 nitrogen and oxygen atoms in total. The Kier molecular flexibility index (Phi) is 4.19. The highest BCUT2D eigenvalue weighted by Crippen LogP contribution is 2.12. The quantitative estimate of drug-likeness (QED) is 0.511. The van der Waals surface area contributed by atoms with Crippen LogP contribution in [0.3, 0.4) is 0 Å². The Hall–Kier alpha value is -2.57. The van der Waals surface area contributed by atoms with Crippen molar-refractivity contribution in [1.82, 2.24) is 10.6 Å². The summed E-state index contributed by atoms with van der Waals surface area (Å²) in [4.78, 5) is 34.1. The van der Waals surface area contributed by atoms with Gasteiger partial charge in [0.1, 0.15) is 11.8 Å². The number of nitrogen functional groups attached to an aromatic ring is 1. The van der Waals surface area contributed by atoms with Crippen molar-refractivity contribution in [3.63, 3.8) is 0 Å². The largest absolute Gasteiger partial charge is 0.484 e. The summed E-state index contributed by atoms with van der Waals surface area (Å²) in [6.45, 7) is -0.207. The second-order valence-electron chi connectivity index (χ2n) is 4.43. The van der Waals surface area contributed by atoms with Crippen LogP contribution in [-0.2, 0) is 14.4 Å². The Morgan fingerprint density at radius 3 is 2.70 bits per heavy atom. The van der Waals surface area contributed by atoms with Gasteiger partial charge in [-0.15, -0.1) is 0 Å². The molecular formula is C13H15N3O4. The van der Waals surface area contributed by atoms with Crippen LogP contribution in [0.1, 0.15) is 12.8 Å². The van der Waals surface area contributed by atoms with Gasteiger partial charge in [0, 0.05) is 12.1 Å². The highest BCUT2D eigenvalue weighted by atomic mass is 16.5. The minimum Gasteiger partial charge on any atom is -0.484 e. The summed E-state index contributed by atoms with van der Waals surface area (Å²) < 4.78 is 5.25. The Morgan fingerprint density at radius 1 is 1.35 bits per heavy atom. The zero-order valence-electron chi connectivity index (χ0n) is 10.7. The first-order chi connectivity index (χ1) is 9.54. The lowest BCUT2D eigenvalue weighted by molar-refractivity contribution is -0.137. The van der Waals surface area contributed by atoms with Crippen LogP contribution in [0.5, 0.6) is 5.75 Å². The molecule has 1 aliphatic rings. The van der Waals surface area contributed by atoms with E-state index >= 15 is 0 Å². The molecule has 2 rings (SSSR count). The van der Waals surface area contributed by atoms with Crippen LogP contribution in [0.4, 0.5) is 5.69 Å². The number of rotatable bonds is 4. The number of nitrogens with one attached hydrogen (secondary N) is 2. The van der Waals surface area contributed by atoms with Crippen molar-refractivity contribution in [2.24, 2.45) is 0 Å². The number of amides is 3. The Bertz CT molecular complexity index is 527. The molecule has 20 heavy (non-hydrogen) atoms. The first-order valence-electron chi connectivity index (χ1n) is 6.16. The maximum absolute atomic E-state index is 11.7. The van der Waals surface area contributed by atoms with Crippen molar-refractivity contribution in [3.8, 4) is 5.75 Å². The van der Waals surface area contributed by atoms with Gasteiger partial charge >= 0.3 is 0 Å². The molecule has 4 N–H and O–H groups in total. The second kappa shape index (κ2) is 6.05. The van der Waals surface area contributed by atoms with Gasteiger partial charge in [-0.1, -0.05) is 0 Å². The van der Waals surface area contributed by atoms with Crippen molar-refractivity contribution >= 4 is 23.4 Å². The molecule has 7 heteroatoms. The summed E-state index contributed by atoms with van der Waals surface area (Å²) in [5.74, 6) is -0.713. The van der Waals surface area contributed by atoms with Crippen molar-refractivity contribution < 1.29 is 19.1 Å². The predicted molar refractivity (Wildman–Crippen MR) is 70.7 cm³/mol. The Balaban J connectivity index is 1.79. The molecule has 1 fully saturated rings. The number of nitrogens with two attached hydrogens (primary N) is 1. The fourth-order valence-corrected chi connectivity index (χ4v) is 1.78. The maximum atomic E-state index is 11.7. The normalized spacial score (nSPS) is 18.3. The number of benzene rings is 1. The third-order valence-corrected chi connectivity index (χ3v) is 2.82. The summed E-state index contributed by atoms with van der Waals surface area (Å²) in [5.41, 5.74) is 6.13. The highest BCUT2D eigenvalue weighted by molar-refractivity contribution is 6.01. The lowest BCUT2D eigenvalue weighted by Crippen LogP contribution is -2.53. The van der Waals surface area contributed by atoms with Gasteiger partial charge in [0.05, 0.1) is 0 Å². The molecule has 3 amide bonds.